The van der Waals surface area contributed by atoms with E-state index in [1.165, 1.54) is 5.56 Å². The van der Waals surface area contributed by atoms with E-state index in [4.69, 9.17) is 9.72 Å². The predicted octanol–water partition coefficient (Wildman–Crippen LogP) is 12.4. The molecule has 0 bridgehead atoms. The normalized spacial score (nSPS) is 12.5. The van der Waals surface area contributed by atoms with Gasteiger partial charge >= 0.3 is 0 Å². The fourth-order valence-electron chi connectivity index (χ4n) is 7.64. The summed E-state index contributed by atoms with van der Waals surface area (Å²) in [5.41, 5.74) is 11.3. The molecule has 0 radical (unpaired) electrons. The van der Waals surface area contributed by atoms with Crippen molar-refractivity contribution in [1.29, 1.82) is 0 Å². The van der Waals surface area contributed by atoms with Crippen LogP contribution in [0.15, 0.2) is 164 Å². The Balaban J connectivity index is 0.00000436. The van der Waals surface area contributed by atoms with E-state index in [1.54, 1.807) is 12.4 Å². The second-order valence-corrected chi connectivity index (χ2v) is 15.2. The number of fused-ring (bicyclic) bond motifs is 4. The van der Waals surface area contributed by atoms with Gasteiger partial charge in [-0.05, 0) is 70.5 Å². The molecule has 0 saturated carbocycles. The summed E-state index contributed by atoms with van der Waals surface area (Å²) >= 11 is 0. The number of benzene rings is 5. The summed E-state index contributed by atoms with van der Waals surface area (Å²) < 4.78 is 8.76. The van der Waals surface area contributed by atoms with Gasteiger partial charge in [-0.15, -0.1) is 48.1 Å². The number of rotatable bonds is 7. The Hall–Kier alpha value is -6.56. The molecule has 5 heterocycles. The van der Waals surface area contributed by atoms with Crippen molar-refractivity contribution < 1.29 is 25.8 Å². The van der Waals surface area contributed by atoms with E-state index in [9.17, 15) is 0 Å². The third-order valence-electron chi connectivity index (χ3n) is 10.5. The first-order valence-electron chi connectivity index (χ1n) is 19.0. The Bertz CT molecular complexity index is 2920. The maximum Gasteiger partial charge on any atom is 0.135 e. The molecule has 10 rings (SSSR count). The maximum atomic E-state index is 6.58. The third kappa shape index (κ3) is 6.71. The van der Waals surface area contributed by atoms with Crippen LogP contribution in [0, 0.1) is 18.8 Å². The number of para-hydroxylation sites is 3. The summed E-state index contributed by atoms with van der Waals surface area (Å²) in [5, 5.41) is 2.22. The first-order chi connectivity index (χ1) is 27.9. The van der Waals surface area contributed by atoms with E-state index in [0.717, 1.165) is 72.6 Å². The molecule has 0 amide bonds. The Morgan fingerprint density at radius 3 is 2.10 bits per heavy atom. The number of hydrogen-bond donors (Lipinski definition) is 0. The van der Waals surface area contributed by atoms with Crippen LogP contribution in [0.3, 0.4) is 0 Å². The van der Waals surface area contributed by atoms with E-state index in [-0.39, 0.29) is 26.5 Å². The molecule has 7 nitrogen and oxygen atoms in total. The molecule has 4 aromatic heterocycles. The van der Waals surface area contributed by atoms with Crippen LogP contribution in [0.5, 0.6) is 11.5 Å². The van der Waals surface area contributed by atoms with Gasteiger partial charge in [-0.1, -0.05) is 80.9 Å². The van der Waals surface area contributed by atoms with Crippen LogP contribution >= 0.6 is 0 Å². The minimum Gasteiger partial charge on any atom is -0.509 e. The van der Waals surface area contributed by atoms with Crippen molar-refractivity contribution in [1.82, 2.24) is 19.5 Å². The molecule has 5 aromatic carbocycles. The Labute approximate surface area is 352 Å². The monoisotopic (exact) mass is 932 g/mol. The van der Waals surface area contributed by atoms with Gasteiger partial charge in [0.05, 0.1) is 0 Å². The topological polar surface area (TPSA) is 59.3 Å². The predicted molar refractivity (Wildman–Crippen MR) is 229 cm³/mol. The van der Waals surface area contributed by atoms with Crippen LogP contribution in [0.1, 0.15) is 26.3 Å². The van der Waals surface area contributed by atoms with Gasteiger partial charge in [0.1, 0.15) is 5.82 Å². The minimum atomic E-state index is -0.0226. The number of ether oxygens (including phenoxy) is 1. The maximum absolute atomic E-state index is 6.58. The Morgan fingerprint density at radius 1 is 0.586 bits per heavy atom. The van der Waals surface area contributed by atoms with Crippen LogP contribution in [-0.2, 0) is 26.5 Å². The van der Waals surface area contributed by atoms with E-state index in [2.05, 4.69) is 167 Å². The van der Waals surface area contributed by atoms with E-state index in [1.807, 2.05) is 48.9 Å². The first kappa shape index (κ1) is 37.0. The van der Waals surface area contributed by atoms with Crippen molar-refractivity contribution in [2.24, 2.45) is 0 Å². The molecular formula is C50H37N6OPt-3. The number of aromatic nitrogens is 4. The largest absolute Gasteiger partial charge is 0.509 e. The molecule has 9 aromatic rings. The summed E-state index contributed by atoms with van der Waals surface area (Å²) in [6, 6.07) is 53.0. The minimum absolute atomic E-state index is 0. The van der Waals surface area contributed by atoms with Crippen molar-refractivity contribution in [3.05, 3.63) is 189 Å². The number of pyridine rings is 3. The molecule has 0 spiro atoms. The number of anilines is 4. The fraction of sp³-hybridized carbons (Fsp3) is 0.0800. The molecule has 286 valence electrons. The van der Waals surface area contributed by atoms with Crippen LogP contribution in [0.25, 0.3) is 49.9 Å². The molecule has 0 fully saturated rings. The van der Waals surface area contributed by atoms with Gasteiger partial charge in [0.15, 0.2) is 0 Å². The van der Waals surface area contributed by atoms with Crippen molar-refractivity contribution >= 4 is 44.6 Å². The van der Waals surface area contributed by atoms with E-state index >= 15 is 0 Å². The van der Waals surface area contributed by atoms with E-state index < -0.39 is 0 Å². The van der Waals surface area contributed by atoms with Crippen LogP contribution < -0.4 is 14.5 Å². The molecule has 0 saturated heterocycles. The van der Waals surface area contributed by atoms with Gasteiger partial charge in [0.2, 0.25) is 0 Å². The van der Waals surface area contributed by atoms with Gasteiger partial charge in [0, 0.05) is 103 Å². The molecule has 1 aliphatic heterocycles. The zero-order valence-corrected chi connectivity index (χ0v) is 34.3. The molecule has 0 N–H and O–H groups in total. The van der Waals surface area contributed by atoms with Crippen molar-refractivity contribution in [2.45, 2.75) is 26.2 Å². The molecular weight excluding hydrogens is 896 g/mol. The van der Waals surface area contributed by atoms with Crippen LogP contribution in [0.2, 0.25) is 0 Å². The Morgan fingerprint density at radius 2 is 1.33 bits per heavy atom. The zero-order valence-electron chi connectivity index (χ0n) is 32.1. The summed E-state index contributed by atoms with van der Waals surface area (Å²) in [5.74, 6) is 2.02. The molecule has 0 unspecified atom stereocenters. The van der Waals surface area contributed by atoms with Gasteiger partial charge in [0.25, 0.3) is 0 Å². The molecule has 0 aliphatic carbocycles. The zero-order chi connectivity index (χ0) is 38.5. The standard InChI is InChI=1S/C50H37N6O.Pt/c1-50(2,3)37-23-26-53-49(28-37)56-44-16-5-4-15-42(44)43-22-20-40(30-48(43)56)57-39-14-8-13-38(29-39)54-33-55(46-18-7-6-17-45(46)54)47-27-34(35-11-9-24-51-31-35)19-21-41(47)36-12-10-25-52-32-36;/h4-28,31-33H,1-3H3;/q-3;. The number of hydrogen-bond acceptors (Lipinski definition) is 6. The molecule has 1 aliphatic rings. The van der Waals surface area contributed by atoms with Crippen LogP contribution in [-0.4, -0.2) is 19.5 Å². The summed E-state index contributed by atoms with van der Waals surface area (Å²) in [4.78, 5) is 18.1. The average Bonchev–Trinajstić information content (AvgIpc) is 3.80. The molecule has 58 heavy (non-hydrogen) atoms. The van der Waals surface area contributed by atoms with Gasteiger partial charge in [-0.2, -0.15) is 12.1 Å². The first-order valence-corrected chi connectivity index (χ1v) is 19.0. The Kier molecular flexibility index (Phi) is 9.63. The second kappa shape index (κ2) is 15.1. The van der Waals surface area contributed by atoms with Gasteiger partial charge in [-0.3, -0.25) is 9.97 Å². The van der Waals surface area contributed by atoms with Gasteiger partial charge < -0.3 is 19.1 Å². The molecule has 0 atom stereocenters. The van der Waals surface area contributed by atoms with Crippen molar-refractivity contribution in [3.63, 3.8) is 0 Å². The third-order valence-corrected chi connectivity index (χ3v) is 10.5. The summed E-state index contributed by atoms with van der Waals surface area (Å²) in [6.45, 7) is 8.78. The summed E-state index contributed by atoms with van der Waals surface area (Å²) in [7, 11) is 0. The van der Waals surface area contributed by atoms with Crippen LogP contribution in [0.4, 0.5) is 22.7 Å². The van der Waals surface area contributed by atoms with Crippen molar-refractivity contribution in [3.8, 4) is 39.6 Å². The number of nitrogens with zero attached hydrogens (tertiary/aromatic N) is 6. The summed E-state index contributed by atoms with van der Waals surface area (Å²) in [6.07, 6.45) is 9.29. The van der Waals surface area contributed by atoms with Crippen molar-refractivity contribution in [2.75, 3.05) is 9.80 Å². The molecule has 8 heteroatoms. The quantitative estimate of drug-likeness (QED) is 0.148. The van der Waals surface area contributed by atoms with E-state index in [0.29, 0.717) is 11.5 Å². The SMILES string of the molecule is CC(C)(C)c1ccnc(-n2c3[c-]c(Oc4[c-]c(N5[CH-]N(c6cc(-c7cccnc7)ccc6-c6cccnc6)c6ccccc65)ccc4)ccc3c3ccccc32)c1.[Pt]. The smallest absolute Gasteiger partial charge is 0.135 e. The average molecular weight is 933 g/mol. The fourth-order valence-corrected chi connectivity index (χ4v) is 7.64. The second-order valence-electron chi connectivity index (χ2n) is 15.2. The van der Waals surface area contributed by atoms with Gasteiger partial charge in [-0.25, -0.2) is 4.98 Å².